The van der Waals surface area contributed by atoms with Crippen LogP contribution >= 0.6 is 11.8 Å². The van der Waals surface area contributed by atoms with Gasteiger partial charge >= 0.3 is 0 Å². The first-order valence-corrected chi connectivity index (χ1v) is 13.7. The molecule has 1 aromatic carbocycles. The number of fused-ring (bicyclic) bond motifs is 2. The third kappa shape index (κ3) is 4.95. The van der Waals surface area contributed by atoms with Crippen molar-refractivity contribution in [1.82, 2.24) is 24.8 Å². The fourth-order valence-electron chi connectivity index (χ4n) is 5.41. The van der Waals surface area contributed by atoms with Crippen molar-refractivity contribution in [3.8, 4) is 11.4 Å². The van der Waals surface area contributed by atoms with Gasteiger partial charge in [0, 0.05) is 93.1 Å². The predicted molar refractivity (Wildman–Crippen MR) is 142 cm³/mol. The van der Waals surface area contributed by atoms with E-state index in [-0.39, 0.29) is 5.91 Å². The number of thioether (sulfide) groups is 1. The molecule has 2 saturated heterocycles. The summed E-state index contributed by atoms with van der Waals surface area (Å²) in [6.07, 6.45) is 3.37. The van der Waals surface area contributed by atoms with Crippen molar-refractivity contribution in [3.05, 3.63) is 36.2 Å². The number of rotatable bonds is 7. The molecule has 3 aliphatic rings. The number of anilines is 1. The van der Waals surface area contributed by atoms with E-state index in [0.717, 1.165) is 100 Å². The average Bonchev–Trinajstić information content (AvgIpc) is 3.54. The van der Waals surface area contributed by atoms with Gasteiger partial charge in [0.05, 0.1) is 23.8 Å². The first kappa shape index (κ1) is 23.7. The van der Waals surface area contributed by atoms with E-state index in [0.29, 0.717) is 11.7 Å². The van der Waals surface area contributed by atoms with Crippen LogP contribution in [-0.4, -0.2) is 101 Å². The lowest BCUT2D eigenvalue weighted by molar-refractivity contribution is -0.118. The molecule has 1 amide bonds. The Bertz CT molecular complexity index is 1230. The fraction of sp³-hybridized carbons (Fsp3) is 0.500. The van der Waals surface area contributed by atoms with Crippen molar-refractivity contribution in [2.24, 2.45) is 5.73 Å². The Morgan fingerprint density at radius 1 is 1.08 bits per heavy atom. The smallest absolute Gasteiger partial charge is 0.218 e. The van der Waals surface area contributed by atoms with Gasteiger partial charge in [-0.05, 0) is 12.1 Å². The Balaban J connectivity index is 1.22. The van der Waals surface area contributed by atoms with Gasteiger partial charge in [0.1, 0.15) is 5.82 Å². The number of benzene rings is 1. The fourth-order valence-corrected chi connectivity index (χ4v) is 6.82. The molecule has 0 saturated carbocycles. The predicted octanol–water partition coefficient (Wildman–Crippen LogP) is 1.97. The molecule has 0 aliphatic carbocycles. The Morgan fingerprint density at radius 3 is 2.69 bits per heavy atom. The van der Waals surface area contributed by atoms with E-state index in [9.17, 15) is 4.79 Å². The van der Waals surface area contributed by atoms with E-state index >= 15 is 0 Å². The second-order valence-electron chi connectivity index (χ2n) is 9.79. The monoisotopic (exact) mass is 507 g/mol. The van der Waals surface area contributed by atoms with Crippen LogP contribution < -0.4 is 10.6 Å². The van der Waals surface area contributed by atoms with Crippen LogP contribution in [0.5, 0.6) is 0 Å². The first-order chi connectivity index (χ1) is 17.6. The summed E-state index contributed by atoms with van der Waals surface area (Å²) < 4.78 is 5.63. The average molecular weight is 508 g/mol. The molecule has 3 N–H and O–H groups in total. The molecule has 3 aromatic rings. The molecule has 10 heteroatoms. The number of H-pyrrole nitrogens is 1. The molecule has 0 bridgehead atoms. The molecule has 6 rings (SSSR count). The summed E-state index contributed by atoms with van der Waals surface area (Å²) >= 11 is 1.94. The molecule has 1 atom stereocenters. The van der Waals surface area contributed by atoms with Crippen molar-refractivity contribution in [3.63, 3.8) is 0 Å². The second-order valence-corrected chi connectivity index (χ2v) is 11.1. The zero-order chi connectivity index (χ0) is 24.5. The van der Waals surface area contributed by atoms with Crippen LogP contribution in [0.4, 0.5) is 5.82 Å². The number of ether oxygens (including phenoxy) is 1. The van der Waals surface area contributed by atoms with E-state index in [2.05, 4.69) is 43.9 Å². The Labute approximate surface area is 215 Å². The van der Waals surface area contributed by atoms with Gasteiger partial charge in [0.25, 0.3) is 0 Å². The summed E-state index contributed by atoms with van der Waals surface area (Å²) in [4.78, 5) is 33.2. The first-order valence-electron chi connectivity index (χ1n) is 12.8. The Kier molecular flexibility index (Phi) is 6.83. The summed E-state index contributed by atoms with van der Waals surface area (Å²) in [6.45, 7) is 9.00. The van der Waals surface area contributed by atoms with Gasteiger partial charge in [-0.3, -0.25) is 9.69 Å². The van der Waals surface area contributed by atoms with Crippen molar-refractivity contribution in [2.75, 3.05) is 70.5 Å². The third-order valence-corrected chi connectivity index (χ3v) is 8.67. The van der Waals surface area contributed by atoms with Crippen molar-refractivity contribution < 1.29 is 9.53 Å². The topological polar surface area (TPSA) is 104 Å². The summed E-state index contributed by atoms with van der Waals surface area (Å²) in [6, 6.07) is 8.39. The van der Waals surface area contributed by atoms with Crippen LogP contribution in [-0.2, 0) is 16.0 Å². The van der Waals surface area contributed by atoms with Crippen LogP contribution in [0.15, 0.2) is 35.4 Å². The normalized spacial score (nSPS) is 21.2. The maximum atomic E-state index is 11.1. The molecule has 0 radical (unpaired) electrons. The maximum Gasteiger partial charge on any atom is 0.218 e. The van der Waals surface area contributed by atoms with Crippen LogP contribution in [0.1, 0.15) is 12.1 Å². The van der Waals surface area contributed by atoms with Crippen molar-refractivity contribution in [1.29, 1.82) is 0 Å². The van der Waals surface area contributed by atoms with Crippen LogP contribution in [0, 0.1) is 0 Å². The standard InChI is InChI=1S/C26H33N7O2S/c27-23(34)5-7-31-8-10-32(11-9-31)17-18-16-22-24(36-18)26(33-12-14-35-15-13-33)30-25(29-22)20-2-1-3-21-19(20)4-6-28-21/h1-4,6,18,28H,5,7-17H2,(H2,27,34). The highest BCUT2D eigenvalue weighted by Gasteiger charge is 2.32. The highest BCUT2D eigenvalue weighted by Crippen LogP contribution is 2.43. The molecule has 2 fully saturated rings. The zero-order valence-corrected chi connectivity index (χ0v) is 21.3. The van der Waals surface area contributed by atoms with Gasteiger partial charge in [-0.2, -0.15) is 0 Å². The minimum absolute atomic E-state index is 0.221. The number of hydrogen-bond donors (Lipinski definition) is 2. The third-order valence-electron chi connectivity index (χ3n) is 7.37. The molecular formula is C26H33N7O2S. The number of nitrogens with zero attached hydrogens (tertiary/aromatic N) is 5. The molecule has 2 aromatic heterocycles. The van der Waals surface area contributed by atoms with Gasteiger partial charge in [-0.25, -0.2) is 9.97 Å². The number of primary amides is 1. The molecular weight excluding hydrogens is 474 g/mol. The molecule has 3 aliphatic heterocycles. The lowest BCUT2D eigenvalue weighted by atomic mass is 10.1. The van der Waals surface area contributed by atoms with Gasteiger partial charge in [0.15, 0.2) is 5.82 Å². The summed E-state index contributed by atoms with van der Waals surface area (Å²) in [5.41, 5.74) is 8.67. The number of aromatic nitrogens is 3. The number of carbonyl (C=O) groups excluding carboxylic acids is 1. The number of nitrogens with two attached hydrogens (primary N) is 1. The van der Waals surface area contributed by atoms with E-state index in [4.69, 9.17) is 20.4 Å². The van der Waals surface area contributed by atoms with Gasteiger partial charge in [-0.1, -0.05) is 12.1 Å². The summed E-state index contributed by atoms with van der Waals surface area (Å²) in [5, 5.41) is 1.62. The minimum Gasteiger partial charge on any atom is -0.378 e. The lowest BCUT2D eigenvalue weighted by Gasteiger charge is -2.35. The van der Waals surface area contributed by atoms with Crippen LogP contribution in [0.3, 0.4) is 0 Å². The van der Waals surface area contributed by atoms with E-state index in [1.54, 1.807) is 0 Å². The number of aromatic amines is 1. The number of carbonyl (C=O) groups is 1. The van der Waals surface area contributed by atoms with Crippen molar-refractivity contribution in [2.45, 2.75) is 23.0 Å². The second kappa shape index (κ2) is 10.4. The van der Waals surface area contributed by atoms with E-state index in [1.807, 2.05) is 18.0 Å². The molecule has 190 valence electrons. The molecule has 0 spiro atoms. The Morgan fingerprint density at radius 2 is 1.89 bits per heavy atom. The van der Waals surface area contributed by atoms with E-state index in [1.165, 1.54) is 10.6 Å². The van der Waals surface area contributed by atoms with Gasteiger partial charge in [0.2, 0.25) is 5.91 Å². The summed E-state index contributed by atoms with van der Waals surface area (Å²) in [5.74, 6) is 1.65. The van der Waals surface area contributed by atoms with Gasteiger partial charge in [-0.15, -0.1) is 11.8 Å². The maximum absolute atomic E-state index is 11.1. The number of piperazine rings is 1. The van der Waals surface area contributed by atoms with Gasteiger partial charge < -0.3 is 25.3 Å². The SMILES string of the molecule is NC(=O)CCN1CCN(CC2Cc3nc(-c4cccc5[nH]ccc45)nc(N4CCOCC4)c3S2)CC1. The highest BCUT2D eigenvalue weighted by molar-refractivity contribution is 8.00. The van der Waals surface area contributed by atoms with Crippen LogP contribution in [0.2, 0.25) is 0 Å². The summed E-state index contributed by atoms with van der Waals surface area (Å²) in [7, 11) is 0. The molecule has 9 nitrogen and oxygen atoms in total. The molecule has 5 heterocycles. The number of hydrogen-bond acceptors (Lipinski definition) is 8. The Hall–Kier alpha value is -2.66. The van der Waals surface area contributed by atoms with E-state index < -0.39 is 0 Å². The largest absolute Gasteiger partial charge is 0.378 e. The highest BCUT2D eigenvalue weighted by atomic mass is 32.2. The molecule has 1 unspecified atom stereocenters. The van der Waals surface area contributed by atoms with Crippen molar-refractivity contribution >= 4 is 34.4 Å². The quantitative estimate of drug-likeness (QED) is 0.500. The van der Waals surface area contributed by atoms with Crippen LogP contribution in [0.25, 0.3) is 22.3 Å². The minimum atomic E-state index is -0.221. The lowest BCUT2D eigenvalue weighted by Crippen LogP contribution is -2.48. The number of nitrogens with one attached hydrogen (secondary N) is 1. The number of morpholine rings is 1. The number of amides is 1. The zero-order valence-electron chi connectivity index (χ0n) is 20.5. The molecule has 36 heavy (non-hydrogen) atoms.